The first kappa shape index (κ1) is 11.3. The highest BCUT2D eigenvalue weighted by molar-refractivity contribution is 5.94. The Bertz CT molecular complexity index is 893. The van der Waals surface area contributed by atoms with Gasteiger partial charge < -0.3 is 13.9 Å². The van der Waals surface area contributed by atoms with E-state index in [-0.39, 0.29) is 5.43 Å². The van der Waals surface area contributed by atoms with Crippen molar-refractivity contribution in [1.82, 2.24) is 0 Å². The highest BCUT2D eigenvalue weighted by Gasteiger charge is 2.22. The normalized spacial score (nSPS) is 16.2. The summed E-state index contributed by atoms with van der Waals surface area (Å²) in [5.74, 6) is 0.828. The Hall–Kier alpha value is -2.33. The topological polar surface area (TPSA) is 48.7 Å². The summed E-state index contributed by atoms with van der Waals surface area (Å²) in [5, 5.41) is 1.26. The Morgan fingerprint density at radius 1 is 0.905 bits per heavy atom. The SMILES string of the molecule is O=c1c2ccc3c(c2oc2c4c(ccc12)OCC4)COC3. The van der Waals surface area contributed by atoms with Crippen molar-refractivity contribution in [2.24, 2.45) is 0 Å². The quantitative estimate of drug-likeness (QED) is 0.594. The molecule has 0 bridgehead atoms. The van der Waals surface area contributed by atoms with E-state index < -0.39 is 0 Å². The number of hydrogen-bond acceptors (Lipinski definition) is 4. The lowest BCUT2D eigenvalue weighted by Gasteiger charge is -2.07. The fourth-order valence-electron chi connectivity index (χ4n) is 3.31. The summed E-state index contributed by atoms with van der Waals surface area (Å²) in [6.45, 7) is 1.74. The predicted molar refractivity (Wildman–Crippen MR) is 77.7 cm³/mol. The van der Waals surface area contributed by atoms with Crippen LogP contribution in [0.1, 0.15) is 16.7 Å². The van der Waals surface area contributed by atoms with Crippen molar-refractivity contribution in [3.05, 3.63) is 51.2 Å². The van der Waals surface area contributed by atoms with Crippen molar-refractivity contribution in [1.29, 1.82) is 0 Å². The molecule has 0 radical (unpaired) electrons. The molecule has 0 unspecified atom stereocenters. The molecule has 3 aromatic rings. The minimum atomic E-state index is 0.0238. The van der Waals surface area contributed by atoms with Crippen LogP contribution in [0.15, 0.2) is 33.5 Å². The molecule has 0 saturated carbocycles. The third-order valence-electron chi connectivity index (χ3n) is 4.38. The van der Waals surface area contributed by atoms with Gasteiger partial charge in [0.25, 0.3) is 0 Å². The second-order valence-electron chi connectivity index (χ2n) is 5.52. The molecule has 1 aromatic heterocycles. The molecule has 5 rings (SSSR count). The van der Waals surface area contributed by atoms with Crippen molar-refractivity contribution in [2.45, 2.75) is 19.6 Å². The average Bonchev–Trinajstić information content (AvgIpc) is 3.16. The van der Waals surface area contributed by atoms with Crippen molar-refractivity contribution >= 4 is 21.9 Å². The Kier molecular flexibility index (Phi) is 2.08. The van der Waals surface area contributed by atoms with E-state index in [9.17, 15) is 4.79 Å². The van der Waals surface area contributed by atoms with Crippen LogP contribution in [0.5, 0.6) is 5.75 Å². The van der Waals surface area contributed by atoms with E-state index in [2.05, 4.69) is 0 Å². The zero-order valence-electron chi connectivity index (χ0n) is 11.3. The highest BCUT2D eigenvalue weighted by Crippen LogP contribution is 2.35. The van der Waals surface area contributed by atoms with Gasteiger partial charge in [0.2, 0.25) is 5.43 Å². The Morgan fingerprint density at radius 2 is 1.71 bits per heavy atom. The molecule has 0 N–H and O–H groups in total. The van der Waals surface area contributed by atoms with Crippen LogP contribution in [0, 0.1) is 0 Å². The molecule has 0 amide bonds. The van der Waals surface area contributed by atoms with Gasteiger partial charge in [-0.15, -0.1) is 0 Å². The molecule has 3 heterocycles. The van der Waals surface area contributed by atoms with Gasteiger partial charge in [0.05, 0.1) is 30.6 Å². The van der Waals surface area contributed by atoms with Gasteiger partial charge in [0, 0.05) is 17.5 Å². The van der Waals surface area contributed by atoms with Crippen LogP contribution >= 0.6 is 0 Å². The predicted octanol–water partition coefficient (Wildman–Crippen LogP) is 2.91. The Labute approximate surface area is 119 Å². The van der Waals surface area contributed by atoms with Crippen LogP contribution in [0.2, 0.25) is 0 Å². The summed E-state index contributed by atoms with van der Waals surface area (Å²) in [4.78, 5) is 12.7. The van der Waals surface area contributed by atoms with Crippen molar-refractivity contribution < 1.29 is 13.9 Å². The third kappa shape index (κ3) is 1.40. The van der Waals surface area contributed by atoms with E-state index in [0.717, 1.165) is 28.9 Å². The summed E-state index contributed by atoms with van der Waals surface area (Å²) >= 11 is 0. The number of hydrogen-bond donors (Lipinski definition) is 0. The highest BCUT2D eigenvalue weighted by atomic mass is 16.5. The lowest BCUT2D eigenvalue weighted by atomic mass is 10.0. The number of benzene rings is 2. The van der Waals surface area contributed by atoms with E-state index in [4.69, 9.17) is 13.9 Å². The Balaban J connectivity index is 2.01. The van der Waals surface area contributed by atoms with E-state index >= 15 is 0 Å². The fraction of sp³-hybridized carbons (Fsp3) is 0.235. The van der Waals surface area contributed by atoms with Crippen LogP contribution in [0.3, 0.4) is 0 Å². The van der Waals surface area contributed by atoms with Gasteiger partial charge in [-0.25, -0.2) is 0 Å². The van der Waals surface area contributed by atoms with Gasteiger partial charge in [-0.2, -0.15) is 0 Å². The molecule has 2 aliphatic rings. The molecule has 4 heteroatoms. The van der Waals surface area contributed by atoms with Crippen LogP contribution < -0.4 is 10.2 Å². The fourth-order valence-corrected chi connectivity index (χ4v) is 3.31. The summed E-state index contributed by atoms with van der Waals surface area (Å²) in [6, 6.07) is 7.47. The van der Waals surface area contributed by atoms with E-state index in [1.807, 2.05) is 18.2 Å². The third-order valence-corrected chi connectivity index (χ3v) is 4.38. The molecule has 2 aliphatic heterocycles. The number of fused-ring (bicyclic) bond motifs is 6. The van der Waals surface area contributed by atoms with Gasteiger partial charge in [-0.05, 0) is 23.8 Å². The second kappa shape index (κ2) is 3.86. The summed E-state index contributed by atoms with van der Waals surface area (Å²) in [6.07, 6.45) is 0.784. The largest absolute Gasteiger partial charge is 0.493 e. The zero-order valence-corrected chi connectivity index (χ0v) is 11.3. The van der Waals surface area contributed by atoms with Gasteiger partial charge in [0.15, 0.2) is 0 Å². The second-order valence-corrected chi connectivity index (χ2v) is 5.52. The van der Waals surface area contributed by atoms with Crippen LogP contribution in [-0.2, 0) is 24.4 Å². The van der Waals surface area contributed by atoms with Gasteiger partial charge >= 0.3 is 0 Å². The molecular weight excluding hydrogens is 268 g/mol. The monoisotopic (exact) mass is 280 g/mol. The molecular formula is C17H12O4. The number of rotatable bonds is 0. The van der Waals surface area contributed by atoms with Crippen molar-refractivity contribution in [3.8, 4) is 5.75 Å². The molecule has 0 saturated heterocycles. The molecule has 2 aromatic carbocycles. The van der Waals surface area contributed by atoms with E-state index in [1.165, 1.54) is 0 Å². The maximum Gasteiger partial charge on any atom is 0.200 e. The van der Waals surface area contributed by atoms with E-state index in [1.54, 1.807) is 6.07 Å². The standard InChI is InChI=1S/C17H12O4/c18-15-11-2-1-9-7-19-8-13(9)17(11)21-16-10-5-6-20-14(10)4-3-12(15)16/h1-4H,5-8H2. The molecule has 0 fully saturated rings. The molecule has 0 aliphatic carbocycles. The van der Waals surface area contributed by atoms with E-state index in [0.29, 0.717) is 41.8 Å². The molecule has 104 valence electrons. The number of ether oxygens (including phenoxy) is 2. The summed E-state index contributed by atoms with van der Waals surface area (Å²) < 4.78 is 17.2. The minimum Gasteiger partial charge on any atom is -0.493 e. The maximum absolute atomic E-state index is 12.7. The zero-order chi connectivity index (χ0) is 14.0. The molecule has 4 nitrogen and oxygen atoms in total. The van der Waals surface area contributed by atoms with Crippen LogP contribution in [0.25, 0.3) is 21.9 Å². The molecule has 21 heavy (non-hydrogen) atoms. The molecule has 0 atom stereocenters. The lowest BCUT2D eigenvalue weighted by Crippen LogP contribution is -2.04. The van der Waals surface area contributed by atoms with Gasteiger partial charge in [-0.3, -0.25) is 4.79 Å². The lowest BCUT2D eigenvalue weighted by molar-refractivity contribution is 0.134. The maximum atomic E-state index is 12.7. The van der Waals surface area contributed by atoms with Crippen LogP contribution in [0.4, 0.5) is 0 Å². The first-order valence-electron chi connectivity index (χ1n) is 7.06. The van der Waals surface area contributed by atoms with Crippen molar-refractivity contribution in [2.75, 3.05) is 6.61 Å². The summed E-state index contributed by atoms with van der Waals surface area (Å²) in [7, 11) is 0. The average molecular weight is 280 g/mol. The minimum absolute atomic E-state index is 0.0238. The Morgan fingerprint density at radius 3 is 2.62 bits per heavy atom. The molecule has 0 spiro atoms. The van der Waals surface area contributed by atoms with Gasteiger partial charge in [0.1, 0.15) is 16.9 Å². The van der Waals surface area contributed by atoms with Gasteiger partial charge in [-0.1, -0.05) is 6.07 Å². The first-order chi connectivity index (χ1) is 10.3. The van der Waals surface area contributed by atoms with Crippen molar-refractivity contribution in [3.63, 3.8) is 0 Å². The first-order valence-corrected chi connectivity index (χ1v) is 7.06. The van der Waals surface area contributed by atoms with Crippen LogP contribution in [-0.4, -0.2) is 6.61 Å². The smallest absolute Gasteiger partial charge is 0.200 e. The summed E-state index contributed by atoms with van der Waals surface area (Å²) in [5.41, 5.74) is 4.47.